The molecule has 22 heavy (non-hydrogen) atoms. The van der Waals surface area contributed by atoms with Crippen LogP contribution in [0.2, 0.25) is 5.02 Å². The lowest BCUT2D eigenvalue weighted by Gasteiger charge is -2.25. The van der Waals surface area contributed by atoms with Crippen molar-refractivity contribution in [1.29, 1.82) is 0 Å². The Labute approximate surface area is 134 Å². The molecule has 0 radical (unpaired) electrons. The zero-order valence-corrected chi connectivity index (χ0v) is 12.9. The van der Waals surface area contributed by atoms with Crippen LogP contribution in [0.1, 0.15) is 35.6 Å². The smallest absolute Gasteiger partial charge is 0.287 e. The quantitative estimate of drug-likeness (QED) is 0.874. The minimum Gasteiger partial charge on any atom is -0.486 e. The molecule has 116 valence electrons. The molecule has 0 atom stereocenters. The summed E-state index contributed by atoms with van der Waals surface area (Å²) in [5.41, 5.74) is 0. The van der Waals surface area contributed by atoms with Crippen LogP contribution in [0.3, 0.4) is 0 Å². The normalized spacial score (nSPS) is 14.4. The molecule has 0 aliphatic heterocycles. The summed E-state index contributed by atoms with van der Waals surface area (Å²) >= 11 is 5.89. The number of amides is 1. The average molecular weight is 320 g/mol. The van der Waals surface area contributed by atoms with Gasteiger partial charge in [-0.25, -0.2) is 0 Å². The van der Waals surface area contributed by atoms with Gasteiger partial charge in [0.2, 0.25) is 0 Å². The molecular weight excluding hydrogens is 302 g/mol. The van der Waals surface area contributed by atoms with Gasteiger partial charge < -0.3 is 14.5 Å². The topological polar surface area (TPSA) is 51.5 Å². The van der Waals surface area contributed by atoms with E-state index >= 15 is 0 Å². The van der Waals surface area contributed by atoms with Crippen molar-refractivity contribution in [2.45, 2.75) is 25.9 Å². The first-order valence-corrected chi connectivity index (χ1v) is 7.84. The van der Waals surface area contributed by atoms with Gasteiger partial charge in [-0.05, 0) is 49.1 Å². The van der Waals surface area contributed by atoms with Crippen LogP contribution in [-0.2, 0) is 6.61 Å². The van der Waals surface area contributed by atoms with Crippen LogP contribution in [0.25, 0.3) is 0 Å². The number of hydrogen-bond acceptors (Lipinski definition) is 3. The van der Waals surface area contributed by atoms with E-state index < -0.39 is 0 Å². The monoisotopic (exact) mass is 319 g/mol. The number of carbonyl (C=O) groups is 1. The molecule has 3 rings (SSSR count). The highest BCUT2D eigenvalue weighted by atomic mass is 35.5. The van der Waals surface area contributed by atoms with Crippen LogP contribution in [0.5, 0.6) is 5.75 Å². The molecule has 1 aliphatic carbocycles. The van der Waals surface area contributed by atoms with Crippen molar-refractivity contribution in [3.63, 3.8) is 0 Å². The first-order valence-electron chi connectivity index (χ1n) is 7.46. The summed E-state index contributed by atoms with van der Waals surface area (Å²) in [5, 5.41) is 3.52. The molecule has 1 aromatic carbocycles. The van der Waals surface area contributed by atoms with E-state index in [4.69, 9.17) is 20.8 Å². The molecule has 0 unspecified atom stereocenters. The minimum atomic E-state index is -0.166. The molecule has 4 nitrogen and oxygen atoms in total. The van der Waals surface area contributed by atoms with Gasteiger partial charge in [0.05, 0.1) is 0 Å². The Morgan fingerprint density at radius 2 is 2.18 bits per heavy atom. The summed E-state index contributed by atoms with van der Waals surface area (Å²) < 4.78 is 11.1. The van der Waals surface area contributed by atoms with E-state index in [0.29, 0.717) is 28.2 Å². The SMILES string of the molecule is O=C(NCC1CCC1)c1ccc(COc2cccc(Cl)c2)o1. The molecule has 5 heteroatoms. The molecule has 1 amide bonds. The van der Waals surface area contributed by atoms with Crippen LogP contribution < -0.4 is 10.1 Å². The van der Waals surface area contributed by atoms with Crippen molar-refractivity contribution in [2.24, 2.45) is 5.92 Å². The van der Waals surface area contributed by atoms with E-state index in [-0.39, 0.29) is 12.5 Å². The number of benzene rings is 1. The second-order valence-electron chi connectivity index (χ2n) is 5.52. The van der Waals surface area contributed by atoms with Gasteiger partial charge in [-0.15, -0.1) is 0 Å². The van der Waals surface area contributed by atoms with Gasteiger partial charge in [-0.3, -0.25) is 4.79 Å². The van der Waals surface area contributed by atoms with E-state index in [2.05, 4.69) is 5.32 Å². The number of halogens is 1. The molecule has 1 saturated carbocycles. The van der Waals surface area contributed by atoms with Gasteiger partial charge >= 0.3 is 0 Å². The fraction of sp³-hybridized carbons (Fsp3) is 0.353. The number of nitrogens with one attached hydrogen (secondary N) is 1. The Hall–Kier alpha value is -1.94. The second kappa shape index (κ2) is 6.88. The molecule has 2 aromatic rings. The molecule has 0 saturated heterocycles. The van der Waals surface area contributed by atoms with Gasteiger partial charge in [-0.2, -0.15) is 0 Å². The van der Waals surface area contributed by atoms with E-state index in [1.165, 1.54) is 19.3 Å². The zero-order valence-electron chi connectivity index (χ0n) is 12.2. The number of rotatable bonds is 6. The summed E-state index contributed by atoms with van der Waals surface area (Å²) in [7, 11) is 0. The molecular formula is C17H18ClNO3. The van der Waals surface area contributed by atoms with Gasteiger partial charge in [0.15, 0.2) is 5.76 Å². The van der Waals surface area contributed by atoms with Crippen molar-refractivity contribution in [2.75, 3.05) is 6.54 Å². The maximum atomic E-state index is 12.0. The van der Waals surface area contributed by atoms with Crippen molar-refractivity contribution in [1.82, 2.24) is 5.32 Å². The average Bonchev–Trinajstić information content (AvgIpc) is 2.92. The third-order valence-corrected chi connectivity index (χ3v) is 4.07. The Morgan fingerprint density at radius 3 is 2.91 bits per heavy atom. The van der Waals surface area contributed by atoms with Gasteiger partial charge in [0.25, 0.3) is 5.91 Å². The van der Waals surface area contributed by atoms with E-state index in [9.17, 15) is 4.79 Å². The predicted octanol–water partition coefficient (Wildman–Crippen LogP) is 4.04. The largest absolute Gasteiger partial charge is 0.486 e. The fourth-order valence-corrected chi connectivity index (χ4v) is 2.49. The first-order chi connectivity index (χ1) is 10.7. The summed E-state index contributed by atoms with van der Waals surface area (Å²) in [6.07, 6.45) is 3.68. The predicted molar refractivity (Wildman–Crippen MR) is 84.2 cm³/mol. The Kier molecular flexibility index (Phi) is 4.68. The highest BCUT2D eigenvalue weighted by Crippen LogP contribution is 2.25. The molecule has 1 aromatic heterocycles. The summed E-state index contributed by atoms with van der Waals surface area (Å²) in [6.45, 7) is 0.990. The van der Waals surface area contributed by atoms with Gasteiger partial charge in [-0.1, -0.05) is 24.1 Å². The zero-order chi connectivity index (χ0) is 15.4. The minimum absolute atomic E-state index is 0.166. The highest BCUT2D eigenvalue weighted by molar-refractivity contribution is 6.30. The van der Waals surface area contributed by atoms with Crippen LogP contribution >= 0.6 is 11.6 Å². The molecule has 1 fully saturated rings. The van der Waals surface area contributed by atoms with Crippen molar-refractivity contribution in [3.8, 4) is 5.75 Å². The Balaban J connectivity index is 1.50. The highest BCUT2D eigenvalue weighted by Gasteiger charge is 2.19. The van der Waals surface area contributed by atoms with E-state index in [1.807, 2.05) is 12.1 Å². The maximum Gasteiger partial charge on any atom is 0.287 e. The number of ether oxygens (including phenoxy) is 1. The second-order valence-corrected chi connectivity index (χ2v) is 5.96. The van der Waals surface area contributed by atoms with Gasteiger partial charge in [0, 0.05) is 11.6 Å². The molecule has 1 N–H and O–H groups in total. The van der Waals surface area contributed by atoms with Crippen molar-refractivity contribution < 1.29 is 13.9 Å². The third kappa shape index (κ3) is 3.83. The lowest BCUT2D eigenvalue weighted by Crippen LogP contribution is -2.31. The molecule has 0 spiro atoms. The van der Waals surface area contributed by atoms with Crippen LogP contribution in [0.4, 0.5) is 0 Å². The van der Waals surface area contributed by atoms with E-state index in [1.54, 1.807) is 24.3 Å². The Bertz CT molecular complexity index is 649. The van der Waals surface area contributed by atoms with Gasteiger partial charge in [0.1, 0.15) is 18.1 Å². The fourth-order valence-electron chi connectivity index (χ4n) is 2.31. The molecule has 1 heterocycles. The third-order valence-electron chi connectivity index (χ3n) is 3.84. The Morgan fingerprint density at radius 1 is 1.32 bits per heavy atom. The number of furan rings is 1. The summed E-state index contributed by atoms with van der Waals surface area (Å²) in [4.78, 5) is 12.0. The first kappa shape index (κ1) is 15.0. The van der Waals surface area contributed by atoms with E-state index in [0.717, 1.165) is 6.54 Å². The van der Waals surface area contributed by atoms with Crippen LogP contribution in [0.15, 0.2) is 40.8 Å². The van der Waals surface area contributed by atoms with Crippen molar-refractivity contribution >= 4 is 17.5 Å². The lowest BCUT2D eigenvalue weighted by molar-refractivity contribution is 0.0907. The van der Waals surface area contributed by atoms with Crippen LogP contribution in [0, 0.1) is 5.92 Å². The summed E-state index contributed by atoms with van der Waals surface area (Å²) in [6, 6.07) is 10.6. The van der Waals surface area contributed by atoms with Crippen LogP contribution in [-0.4, -0.2) is 12.5 Å². The van der Waals surface area contributed by atoms with Crippen molar-refractivity contribution in [3.05, 3.63) is 52.9 Å². The molecule has 1 aliphatic rings. The summed E-state index contributed by atoms with van der Waals surface area (Å²) in [5.74, 6) is 2.06. The standard InChI is InChI=1S/C17H18ClNO3/c18-13-5-2-6-14(9-13)21-11-15-7-8-16(22-15)17(20)19-10-12-3-1-4-12/h2,5-9,12H,1,3-4,10-11H2,(H,19,20). The number of hydrogen-bond donors (Lipinski definition) is 1. The molecule has 0 bridgehead atoms. The maximum absolute atomic E-state index is 12.0. The number of carbonyl (C=O) groups excluding carboxylic acids is 1. The lowest BCUT2D eigenvalue weighted by atomic mass is 9.85.